The first-order valence-electron chi connectivity index (χ1n) is 6.27. The molecular weight excluding hydrogens is 351 g/mol. The second kappa shape index (κ2) is 36.0. The third kappa shape index (κ3) is 139. The molecule has 2 unspecified atom stereocenters. The Bertz CT molecular complexity index is 66.6. The summed E-state index contributed by atoms with van der Waals surface area (Å²) in [5.41, 5.74) is 0. The molecule has 3 heteroatoms. The van der Waals surface area contributed by atoms with E-state index in [-0.39, 0.29) is 23.9 Å². The van der Waals surface area contributed by atoms with Crippen LogP contribution in [0.4, 0.5) is 0 Å². The van der Waals surface area contributed by atoms with Crippen LogP contribution in [0.15, 0.2) is 0 Å². The van der Waals surface area contributed by atoms with E-state index in [2.05, 4.69) is 27.7 Å². The summed E-state index contributed by atoms with van der Waals surface area (Å²) in [5.74, 6) is 0. The molecule has 0 aromatic carbocycles. The van der Waals surface area contributed by atoms with Crippen molar-refractivity contribution >= 4 is 49.2 Å². The fourth-order valence-electron chi connectivity index (χ4n) is 0. The molecule has 0 spiro atoms. The molecule has 0 saturated heterocycles. The molecule has 0 fully saturated rings. The molecule has 0 aliphatic carbocycles. The van der Waals surface area contributed by atoms with Crippen molar-refractivity contribution in [1.29, 1.82) is 0 Å². The van der Waals surface area contributed by atoms with Crippen LogP contribution in [0, 0.1) is 13.8 Å². The van der Waals surface area contributed by atoms with Gasteiger partial charge in [0.25, 0.3) is 0 Å². The van der Waals surface area contributed by atoms with Crippen LogP contribution in [0.2, 0.25) is 0 Å². The van der Waals surface area contributed by atoms with Crippen molar-refractivity contribution in [1.82, 2.24) is 0 Å². The zero-order chi connectivity index (χ0) is 14.0. The van der Waals surface area contributed by atoms with E-state index < -0.39 is 0 Å². The second-order valence-electron chi connectivity index (χ2n) is 3.44. The third-order valence-corrected chi connectivity index (χ3v) is 1.82. The maximum Gasteiger partial charge on any atom is 2.00 e. The Morgan fingerprint density at radius 1 is 0.765 bits per heavy atom. The first-order chi connectivity index (χ1) is 7.37. The largest absolute Gasteiger partial charge is 2.00 e. The average molecular weight is 383 g/mol. The van der Waals surface area contributed by atoms with Crippen molar-refractivity contribution in [3.8, 4) is 0 Å². The summed E-state index contributed by atoms with van der Waals surface area (Å²) in [7, 11) is 0. The van der Waals surface area contributed by atoms with Crippen LogP contribution in [-0.4, -0.2) is 34.4 Å². The van der Waals surface area contributed by atoms with Gasteiger partial charge in [-0.1, -0.05) is 81.1 Å². The van der Waals surface area contributed by atoms with Gasteiger partial charge in [-0.05, 0) is 0 Å². The van der Waals surface area contributed by atoms with Gasteiger partial charge in [-0.25, -0.2) is 0 Å². The Balaban J connectivity index is -0.0000000381. The van der Waals surface area contributed by atoms with Crippen LogP contribution in [0.5, 0.6) is 0 Å². The van der Waals surface area contributed by atoms with Crippen molar-refractivity contribution in [2.75, 3.05) is 0 Å². The summed E-state index contributed by atoms with van der Waals surface area (Å²) in [6.45, 7) is 19.3. The minimum Gasteiger partial charge on any atom is -0.789 e. The SMILES string of the molecule is CCC(C)[S-].CCC(C)[S-].[CH2]CC.[CH2]CC.[Sn+2]. The summed E-state index contributed by atoms with van der Waals surface area (Å²) in [4.78, 5) is 0. The van der Waals surface area contributed by atoms with Crippen LogP contribution in [0.1, 0.15) is 67.2 Å². The maximum atomic E-state index is 4.78. The standard InChI is InChI=1S/2C4H10S.2C3H7.Sn/c2*1-3-4(2)5;2*1-3-2;/h2*4-5H,3H2,1-2H3;2*1,3H2,2H3;/q;;;;+2/p-2. The van der Waals surface area contributed by atoms with E-state index in [1.165, 1.54) is 0 Å². The molecule has 0 rings (SSSR count). The Morgan fingerprint density at radius 3 is 0.824 bits per heavy atom. The summed E-state index contributed by atoms with van der Waals surface area (Å²) in [5, 5.41) is 0.935. The maximum absolute atomic E-state index is 4.78. The van der Waals surface area contributed by atoms with Crippen molar-refractivity contribution in [2.45, 2.75) is 77.7 Å². The molecule has 2 atom stereocenters. The van der Waals surface area contributed by atoms with Gasteiger partial charge in [0.2, 0.25) is 0 Å². The van der Waals surface area contributed by atoms with Gasteiger partial charge in [0.15, 0.2) is 0 Å². The zero-order valence-corrected chi connectivity index (χ0v) is 17.2. The predicted molar refractivity (Wildman–Crippen MR) is 91.3 cm³/mol. The van der Waals surface area contributed by atoms with Gasteiger partial charge >= 0.3 is 23.9 Å². The molecule has 0 aliphatic heterocycles. The molecule has 0 bridgehead atoms. The monoisotopic (exact) mass is 384 g/mol. The van der Waals surface area contributed by atoms with Gasteiger partial charge < -0.3 is 25.3 Å². The molecule has 0 nitrogen and oxygen atoms in total. The Labute approximate surface area is 140 Å². The van der Waals surface area contributed by atoms with Gasteiger partial charge in [-0.3, -0.25) is 0 Å². The first-order valence-corrected chi connectivity index (χ1v) is 7.21. The molecule has 17 heavy (non-hydrogen) atoms. The molecule has 4 radical (unpaired) electrons. The van der Waals surface area contributed by atoms with Crippen LogP contribution in [0.3, 0.4) is 0 Å². The molecular formula is C14H32S2Sn. The summed E-state index contributed by atoms with van der Waals surface area (Å²) < 4.78 is 0. The van der Waals surface area contributed by atoms with Crippen molar-refractivity contribution in [2.24, 2.45) is 0 Å². The van der Waals surface area contributed by atoms with Crippen molar-refractivity contribution in [3.63, 3.8) is 0 Å². The van der Waals surface area contributed by atoms with Crippen LogP contribution >= 0.6 is 0 Å². The van der Waals surface area contributed by atoms with Gasteiger partial charge in [0.1, 0.15) is 0 Å². The number of hydrogen-bond acceptors (Lipinski definition) is 2. The van der Waals surface area contributed by atoms with E-state index in [1.54, 1.807) is 0 Å². The minimum absolute atomic E-state index is 0. The molecule has 0 aliphatic rings. The van der Waals surface area contributed by atoms with E-state index >= 15 is 0 Å². The molecule has 0 saturated carbocycles. The fraction of sp³-hybridized carbons (Fsp3) is 0.857. The van der Waals surface area contributed by atoms with Crippen LogP contribution in [-0.2, 0) is 25.3 Å². The third-order valence-electron chi connectivity index (χ3n) is 1.15. The van der Waals surface area contributed by atoms with Crippen LogP contribution in [0.25, 0.3) is 0 Å². The first kappa shape index (κ1) is 31.1. The van der Waals surface area contributed by atoms with Gasteiger partial charge in [0.05, 0.1) is 0 Å². The van der Waals surface area contributed by atoms with Gasteiger partial charge in [0, 0.05) is 0 Å². The van der Waals surface area contributed by atoms with Gasteiger partial charge in [-0.2, -0.15) is 10.5 Å². The van der Waals surface area contributed by atoms with Crippen LogP contribution < -0.4 is 0 Å². The van der Waals surface area contributed by atoms with E-state index in [4.69, 9.17) is 25.3 Å². The number of rotatable bonds is 2. The topological polar surface area (TPSA) is 0 Å². The van der Waals surface area contributed by atoms with Gasteiger partial charge in [-0.15, -0.1) is 0 Å². The minimum atomic E-state index is 0. The van der Waals surface area contributed by atoms with E-state index in [1.807, 2.05) is 27.7 Å². The molecule has 104 valence electrons. The summed E-state index contributed by atoms with van der Waals surface area (Å²) >= 11 is 9.56. The second-order valence-corrected chi connectivity index (χ2v) is 5.05. The van der Waals surface area contributed by atoms with Crippen molar-refractivity contribution in [3.05, 3.63) is 13.8 Å². The Morgan fingerprint density at radius 2 is 0.824 bits per heavy atom. The Kier molecular flexibility index (Phi) is 65.9. The molecule has 0 N–H and O–H groups in total. The molecule has 0 heterocycles. The average Bonchev–Trinajstić information content (AvgIpc) is 2.21. The zero-order valence-electron chi connectivity index (χ0n) is 12.7. The normalized spacial score (nSPS) is 10.9. The van der Waals surface area contributed by atoms with E-state index in [0.717, 1.165) is 25.7 Å². The Hall–Kier alpha value is 1.50. The van der Waals surface area contributed by atoms with Crippen molar-refractivity contribution < 1.29 is 0 Å². The molecule has 0 aromatic heterocycles. The summed E-state index contributed by atoms with van der Waals surface area (Å²) in [6, 6.07) is 0. The fourth-order valence-corrected chi connectivity index (χ4v) is 0. The number of hydrogen-bond donors (Lipinski definition) is 0. The smallest absolute Gasteiger partial charge is 0.789 e. The van der Waals surface area contributed by atoms with E-state index in [0.29, 0.717) is 10.5 Å². The summed E-state index contributed by atoms with van der Waals surface area (Å²) in [6.07, 6.45) is 4.24. The predicted octanol–water partition coefficient (Wildman–Crippen LogP) is 4.74. The van der Waals surface area contributed by atoms with E-state index in [9.17, 15) is 0 Å². The quantitative estimate of drug-likeness (QED) is 0.499. The molecule has 0 amide bonds. The molecule has 0 aromatic rings.